The normalized spacial score (nSPS) is 10.5. The molecule has 0 aliphatic carbocycles. The number of hydroxylamine groups is 1. The van der Waals surface area contributed by atoms with Gasteiger partial charge in [-0.25, -0.2) is 10.5 Å². The molecule has 0 fully saturated rings. The predicted molar refractivity (Wildman–Crippen MR) is 79.4 cm³/mol. The third-order valence-electron chi connectivity index (χ3n) is 3.08. The predicted octanol–water partition coefficient (Wildman–Crippen LogP) is 2.59. The molecule has 1 aromatic carbocycles. The van der Waals surface area contributed by atoms with Crippen LogP contribution in [0.5, 0.6) is 0 Å². The lowest BCUT2D eigenvalue weighted by atomic mass is 10.1. The second-order valence-electron chi connectivity index (χ2n) is 4.42. The Labute approximate surface area is 121 Å². The number of aromatic nitrogens is 2. The standard InChI is InChI=1S/C16H13N3O2/c1-21-19-16(20)12-10-15(14-8-4-5-9-17-14)18-13-7-3-2-6-11(12)13/h2-10H,1H3,(H,19,20). The molecule has 0 aliphatic rings. The lowest BCUT2D eigenvalue weighted by Crippen LogP contribution is -2.22. The van der Waals surface area contributed by atoms with Crippen molar-refractivity contribution in [1.29, 1.82) is 0 Å². The summed E-state index contributed by atoms with van der Waals surface area (Å²) in [5, 5.41) is 0.770. The first-order chi connectivity index (χ1) is 10.3. The van der Waals surface area contributed by atoms with Gasteiger partial charge in [-0.15, -0.1) is 0 Å². The molecule has 0 saturated heterocycles. The molecule has 3 aromatic rings. The smallest absolute Gasteiger partial charge is 0.275 e. The Kier molecular flexibility index (Phi) is 3.57. The van der Waals surface area contributed by atoms with Crippen molar-refractivity contribution in [3.63, 3.8) is 0 Å². The molecule has 1 amide bonds. The molecule has 2 heterocycles. The van der Waals surface area contributed by atoms with Crippen molar-refractivity contribution in [2.45, 2.75) is 0 Å². The van der Waals surface area contributed by atoms with Crippen LogP contribution in [-0.2, 0) is 4.84 Å². The Morgan fingerprint density at radius 3 is 2.67 bits per heavy atom. The fourth-order valence-electron chi connectivity index (χ4n) is 2.16. The summed E-state index contributed by atoms with van der Waals surface area (Å²) in [7, 11) is 1.40. The van der Waals surface area contributed by atoms with Gasteiger partial charge in [-0.1, -0.05) is 24.3 Å². The van der Waals surface area contributed by atoms with Gasteiger partial charge < -0.3 is 0 Å². The molecule has 2 aromatic heterocycles. The zero-order valence-corrected chi connectivity index (χ0v) is 11.4. The van der Waals surface area contributed by atoms with E-state index in [1.165, 1.54) is 7.11 Å². The number of carbonyl (C=O) groups excluding carboxylic acids is 1. The van der Waals surface area contributed by atoms with Crippen LogP contribution in [0, 0.1) is 0 Å². The lowest BCUT2D eigenvalue weighted by molar-refractivity contribution is 0.0539. The van der Waals surface area contributed by atoms with Crippen LogP contribution >= 0.6 is 0 Å². The first-order valence-corrected chi connectivity index (χ1v) is 6.44. The number of para-hydroxylation sites is 1. The fourth-order valence-corrected chi connectivity index (χ4v) is 2.16. The van der Waals surface area contributed by atoms with Gasteiger partial charge in [0.25, 0.3) is 5.91 Å². The van der Waals surface area contributed by atoms with E-state index in [1.54, 1.807) is 12.3 Å². The summed E-state index contributed by atoms with van der Waals surface area (Å²) in [6, 6.07) is 14.8. The Balaban J connectivity index is 2.22. The molecule has 0 aliphatic heterocycles. The zero-order valence-electron chi connectivity index (χ0n) is 11.4. The summed E-state index contributed by atoms with van der Waals surface area (Å²) < 4.78 is 0. The highest BCUT2D eigenvalue weighted by Crippen LogP contribution is 2.23. The minimum Gasteiger partial charge on any atom is -0.277 e. The van der Waals surface area contributed by atoms with Crippen molar-refractivity contribution in [3.8, 4) is 11.4 Å². The number of pyridine rings is 2. The van der Waals surface area contributed by atoms with Crippen LogP contribution in [0.4, 0.5) is 0 Å². The summed E-state index contributed by atoms with van der Waals surface area (Å²) in [6.45, 7) is 0. The molecule has 5 heteroatoms. The molecule has 3 rings (SSSR count). The molecule has 0 saturated carbocycles. The monoisotopic (exact) mass is 279 g/mol. The summed E-state index contributed by atoms with van der Waals surface area (Å²) >= 11 is 0. The molecule has 0 unspecified atom stereocenters. The molecule has 0 atom stereocenters. The van der Waals surface area contributed by atoms with E-state index in [9.17, 15) is 4.79 Å². The number of nitrogens with one attached hydrogen (secondary N) is 1. The highest BCUT2D eigenvalue weighted by Gasteiger charge is 2.13. The second-order valence-corrected chi connectivity index (χ2v) is 4.42. The molecule has 5 nitrogen and oxygen atoms in total. The van der Waals surface area contributed by atoms with Gasteiger partial charge in [-0.05, 0) is 24.3 Å². The SMILES string of the molecule is CONC(=O)c1cc(-c2ccccn2)nc2ccccc12. The first kappa shape index (κ1) is 13.2. The molecule has 0 spiro atoms. The average molecular weight is 279 g/mol. The van der Waals surface area contributed by atoms with E-state index in [0.717, 1.165) is 16.6 Å². The molecular formula is C16H13N3O2. The van der Waals surface area contributed by atoms with E-state index in [0.29, 0.717) is 11.3 Å². The molecule has 0 bridgehead atoms. The third kappa shape index (κ3) is 2.59. The number of nitrogens with zero attached hydrogens (tertiary/aromatic N) is 2. The molecule has 1 N–H and O–H groups in total. The highest BCUT2D eigenvalue weighted by atomic mass is 16.6. The highest BCUT2D eigenvalue weighted by molar-refractivity contribution is 6.06. The number of hydrogen-bond acceptors (Lipinski definition) is 4. The average Bonchev–Trinajstić information content (AvgIpc) is 2.55. The summed E-state index contributed by atoms with van der Waals surface area (Å²) in [5.74, 6) is -0.312. The van der Waals surface area contributed by atoms with Crippen molar-refractivity contribution >= 4 is 16.8 Å². The Morgan fingerprint density at radius 2 is 1.90 bits per heavy atom. The van der Waals surface area contributed by atoms with Gasteiger partial charge in [0.2, 0.25) is 0 Å². The van der Waals surface area contributed by atoms with Crippen molar-refractivity contribution in [1.82, 2.24) is 15.4 Å². The van der Waals surface area contributed by atoms with E-state index in [1.807, 2.05) is 42.5 Å². The van der Waals surface area contributed by atoms with E-state index in [4.69, 9.17) is 4.84 Å². The van der Waals surface area contributed by atoms with Crippen LogP contribution in [0.1, 0.15) is 10.4 Å². The fraction of sp³-hybridized carbons (Fsp3) is 0.0625. The third-order valence-corrected chi connectivity index (χ3v) is 3.08. The second kappa shape index (κ2) is 5.68. The maximum Gasteiger partial charge on any atom is 0.275 e. The maximum atomic E-state index is 12.2. The van der Waals surface area contributed by atoms with Crippen molar-refractivity contribution in [2.75, 3.05) is 7.11 Å². The van der Waals surface area contributed by atoms with Crippen LogP contribution in [0.15, 0.2) is 54.7 Å². The van der Waals surface area contributed by atoms with E-state index >= 15 is 0 Å². The topological polar surface area (TPSA) is 64.1 Å². The Morgan fingerprint density at radius 1 is 1.10 bits per heavy atom. The number of hydrogen-bond donors (Lipinski definition) is 1. The van der Waals surface area contributed by atoms with Crippen LogP contribution < -0.4 is 5.48 Å². The number of benzene rings is 1. The van der Waals surface area contributed by atoms with Crippen LogP contribution in [0.3, 0.4) is 0 Å². The first-order valence-electron chi connectivity index (χ1n) is 6.44. The lowest BCUT2D eigenvalue weighted by Gasteiger charge is -2.09. The zero-order chi connectivity index (χ0) is 14.7. The van der Waals surface area contributed by atoms with Crippen LogP contribution in [0.2, 0.25) is 0 Å². The van der Waals surface area contributed by atoms with Crippen molar-refractivity contribution in [3.05, 3.63) is 60.3 Å². The summed E-state index contributed by atoms with van der Waals surface area (Å²) in [4.78, 5) is 25.7. The van der Waals surface area contributed by atoms with Crippen LogP contribution in [-0.4, -0.2) is 23.0 Å². The minimum absolute atomic E-state index is 0.312. The van der Waals surface area contributed by atoms with E-state index < -0.39 is 0 Å². The largest absolute Gasteiger partial charge is 0.277 e. The van der Waals surface area contributed by atoms with Gasteiger partial charge in [-0.3, -0.25) is 14.6 Å². The van der Waals surface area contributed by atoms with Gasteiger partial charge in [0.05, 0.1) is 29.6 Å². The van der Waals surface area contributed by atoms with E-state index in [2.05, 4.69) is 15.4 Å². The Hall–Kier alpha value is -2.79. The number of fused-ring (bicyclic) bond motifs is 1. The van der Waals surface area contributed by atoms with Gasteiger partial charge in [0, 0.05) is 11.6 Å². The summed E-state index contributed by atoms with van der Waals surface area (Å²) in [6.07, 6.45) is 1.70. The van der Waals surface area contributed by atoms with Crippen molar-refractivity contribution < 1.29 is 9.63 Å². The molecular weight excluding hydrogens is 266 g/mol. The number of carbonyl (C=O) groups is 1. The Bertz CT molecular complexity index is 788. The van der Waals surface area contributed by atoms with E-state index in [-0.39, 0.29) is 5.91 Å². The summed E-state index contributed by atoms with van der Waals surface area (Å²) in [5.41, 5.74) is 4.95. The molecule has 0 radical (unpaired) electrons. The van der Waals surface area contributed by atoms with Crippen molar-refractivity contribution in [2.24, 2.45) is 0 Å². The number of rotatable bonds is 3. The maximum absolute atomic E-state index is 12.2. The van der Waals surface area contributed by atoms with Gasteiger partial charge in [-0.2, -0.15) is 0 Å². The van der Waals surface area contributed by atoms with Crippen LogP contribution in [0.25, 0.3) is 22.3 Å². The molecule has 104 valence electrons. The van der Waals surface area contributed by atoms with Gasteiger partial charge in [0.1, 0.15) is 0 Å². The molecule has 21 heavy (non-hydrogen) atoms. The van der Waals surface area contributed by atoms with Gasteiger partial charge in [0.15, 0.2) is 0 Å². The quantitative estimate of drug-likeness (QED) is 0.748. The van der Waals surface area contributed by atoms with Gasteiger partial charge >= 0.3 is 0 Å². The minimum atomic E-state index is -0.312. The number of amides is 1.